The van der Waals surface area contributed by atoms with Crippen LogP contribution in [0.1, 0.15) is 12.8 Å². The third-order valence-electron chi connectivity index (χ3n) is 2.42. The molecular weight excluding hydrogens is 304 g/mol. The standard InChI is InChI=1S/C12H34O3Si4/c1-16-13-11-9-10-12-19(8,14-17(2,3)4)15-18(5,6)7/h9-12,16H2,1-8H3. The Hall–Kier alpha value is 0.748. The van der Waals surface area contributed by atoms with Gasteiger partial charge in [-0.3, -0.25) is 0 Å². The predicted octanol–water partition coefficient (Wildman–Crippen LogP) is 3.69. The minimum atomic E-state index is -2.00. The molecule has 0 atom stereocenters. The van der Waals surface area contributed by atoms with Gasteiger partial charge in [0.2, 0.25) is 0 Å². The van der Waals surface area contributed by atoms with Crippen LogP contribution in [0.25, 0.3) is 0 Å². The molecule has 116 valence electrons. The number of hydrogen-bond acceptors (Lipinski definition) is 3. The maximum absolute atomic E-state index is 6.47. The van der Waals surface area contributed by atoms with Crippen molar-refractivity contribution in [3.05, 3.63) is 0 Å². The molecule has 0 aliphatic heterocycles. The number of unbranched alkanes of at least 4 members (excludes halogenated alkanes) is 1. The monoisotopic (exact) mass is 338 g/mol. The highest BCUT2D eigenvalue weighted by Crippen LogP contribution is 2.25. The van der Waals surface area contributed by atoms with E-state index < -0.39 is 25.2 Å². The molecule has 0 N–H and O–H groups in total. The van der Waals surface area contributed by atoms with Crippen molar-refractivity contribution < 1.29 is 12.7 Å². The molecule has 0 heterocycles. The Morgan fingerprint density at radius 1 is 0.789 bits per heavy atom. The Morgan fingerprint density at radius 2 is 1.26 bits per heavy atom. The molecule has 0 radical (unpaired) electrons. The molecule has 0 bridgehead atoms. The van der Waals surface area contributed by atoms with Crippen LogP contribution in [0, 0.1) is 0 Å². The summed E-state index contributed by atoms with van der Waals surface area (Å²) in [6.45, 7) is 18.9. The van der Waals surface area contributed by atoms with Gasteiger partial charge in [-0.15, -0.1) is 0 Å². The van der Waals surface area contributed by atoms with Crippen LogP contribution in [-0.4, -0.2) is 41.6 Å². The maximum atomic E-state index is 6.47. The summed E-state index contributed by atoms with van der Waals surface area (Å²) in [7, 11) is -5.31. The molecule has 0 aliphatic rings. The van der Waals surface area contributed by atoms with Gasteiger partial charge in [-0.25, -0.2) is 0 Å². The Morgan fingerprint density at radius 3 is 1.63 bits per heavy atom. The van der Waals surface area contributed by atoms with Crippen LogP contribution in [0.2, 0.25) is 58.4 Å². The molecule has 7 heteroatoms. The lowest BCUT2D eigenvalue weighted by Gasteiger charge is -2.38. The van der Waals surface area contributed by atoms with Crippen LogP contribution in [0.4, 0.5) is 0 Å². The molecule has 3 nitrogen and oxygen atoms in total. The van der Waals surface area contributed by atoms with Gasteiger partial charge in [-0.2, -0.15) is 0 Å². The van der Waals surface area contributed by atoms with Crippen molar-refractivity contribution in [3.63, 3.8) is 0 Å². The highest BCUT2D eigenvalue weighted by atomic mass is 28.5. The fourth-order valence-corrected chi connectivity index (χ4v) is 15.3. The Kier molecular flexibility index (Phi) is 8.58. The van der Waals surface area contributed by atoms with E-state index in [0.717, 1.165) is 19.1 Å². The Balaban J connectivity index is 4.41. The SMILES string of the molecule is C[SiH2]OCCCC[Si](C)(O[Si](C)(C)C)O[Si](C)(C)C. The van der Waals surface area contributed by atoms with Gasteiger partial charge in [-0.05, 0) is 64.7 Å². The molecule has 0 aliphatic carbocycles. The van der Waals surface area contributed by atoms with E-state index in [1.54, 1.807) is 0 Å². The average Bonchev–Trinajstić information content (AvgIpc) is 2.10. The molecular formula is C12H34O3Si4. The molecule has 0 aromatic rings. The first-order chi connectivity index (χ1) is 8.47. The third kappa shape index (κ3) is 12.2. The smallest absolute Gasteiger partial charge is 0.314 e. The zero-order valence-corrected chi connectivity index (χ0v) is 18.7. The van der Waals surface area contributed by atoms with E-state index in [4.69, 9.17) is 12.7 Å². The van der Waals surface area contributed by atoms with Crippen molar-refractivity contribution in [2.24, 2.45) is 0 Å². The van der Waals surface area contributed by atoms with E-state index in [1.165, 1.54) is 6.42 Å². The summed E-state index contributed by atoms with van der Waals surface area (Å²) in [5.74, 6) is 0. The number of rotatable bonds is 10. The van der Waals surface area contributed by atoms with Gasteiger partial charge in [0.1, 0.15) is 0 Å². The molecule has 19 heavy (non-hydrogen) atoms. The van der Waals surface area contributed by atoms with Gasteiger partial charge in [0.05, 0.1) is 0 Å². The van der Waals surface area contributed by atoms with Crippen LogP contribution in [-0.2, 0) is 12.7 Å². The predicted molar refractivity (Wildman–Crippen MR) is 94.9 cm³/mol. The lowest BCUT2D eigenvalue weighted by atomic mass is 10.4. The lowest BCUT2D eigenvalue weighted by molar-refractivity contribution is 0.323. The highest BCUT2D eigenvalue weighted by Gasteiger charge is 2.39. The van der Waals surface area contributed by atoms with Crippen molar-refractivity contribution in [2.75, 3.05) is 6.61 Å². The second-order valence-electron chi connectivity index (χ2n) is 7.22. The molecule has 0 saturated carbocycles. The van der Waals surface area contributed by atoms with Gasteiger partial charge in [0, 0.05) is 6.61 Å². The van der Waals surface area contributed by atoms with Crippen LogP contribution >= 0.6 is 0 Å². The van der Waals surface area contributed by atoms with Crippen molar-refractivity contribution in [3.8, 4) is 0 Å². The van der Waals surface area contributed by atoms with Crippen molar-refractivity contribution in [2.45, 2.75) is 71.3 Å². The first-order valence-electron chi connectivity index (χ1n) is 7.45. The van der Waals surface area contributed by atoms with Gasteiger partial charge in [0.25, 0.3) is 0 Å². The minimum Gasteiger partial charge on any atom is -0.437 e. The largest absolute Gasteiger partial charge is 0.437 e. The quantitative estimate of drug-likeness (QED) is 0.449. The Bertz CT molecular complexity index is 232. The second-order valence-corrected chi connectivity index (χ2v) is 21.1. The first-order valence-corrected chi connectivity index (χ1v) is 18.8. The number of hydrogen-bond donors (Lipinski definition) is 0. The van der Waals surface area contributed by atoms with Crippen LogP contribution in [0.3, 0.4) is 0 Å². The van der Waals surface area contributed by atoms with Crippen LogP contribution < -0.4 is 0 Å². The summed E-state index contributed by atoms with van der Waals surface area (Å²) in [4.78, 5) is 0. The summed E-state index contributed by atoms with van der Waals surface area (Å²) >= 11 is 0. The molecule has 0 unspecified atom stereocenters. The maximum Gasteiger partial charge on any atom is 0.314 e. The van der Waals surface area contributed by atoms with E-state index in [9.17, 15) is 0 Å². The minimum absolute atomic E-state index is 0.241. The van der Waals surface area contributed by atoms with E-state index in [0.29, 0.717) is 0 Å². The van der Waals surface area contributed by atoms with Gasteiger partial charge >= 0.3 is 8.56 Å². The molecule has 0 fully saturated rings. The van der Waals surface area contributed by atoms with Crippen LogP contribution in [0.5, 0.6) is 0 Å². The fraction of sp³-hybridized carbons (Fsp3) is 1.00. The molecule has 0 spiro atoms. The third-order valence-corrected chi connectivity index (χ3v) is 12.7. The zero-order valence-electron chi connectivity index (χ0n) is 14.3. The topological polar surface area (TPSA) is 27.7 Å². The normalized spacial score (nSPS) is 14.5. The van der Waals surface area contributed by atoms with Crippen molar-refractivity contribution in [1.29, 1.82) is 0 Å². The first kappa shape index (κ1) is 19.7. The summed E-state index contributed by atoms with van der Waals surface area (Å²) < 4.78 is 18.5. The van der Waals surface area contributed by atoms with Crippen molar-refractivity contribution >= 4 is 35.0 Å². The molecule has 0 aromatic heterocycles. The van der Waals surface area contributed by atoms with Gasteiger partial charge < -0.3 is 12.7 Å². The lowest BCUT2D eigenvalue weighted by Crippen LogP contribution is -2.52. The Labute approximate surface area is 125 Å². The molecule has 0 aromatic carbocycles. The van der Waals surface area contributed by atoms with E-state index in [1.807, 2.05) is 0 Å². The summed E-state index contributed by atoms with van der Waals surface area (Å²) in [5, 5.41) is 0. The van der Waals surface area contributed by atoms with E-state index >= 15 is 0 Å². The average molecular weight is 339 g/mol. The summed E-state index contributed by atoms with van der Waals surface area (Å²) in [6.07, 6.45) is 2.32. The van der Waals surface area contributed by atoms with Gasteiger partial charge in [-0.1, -0.05) is 6.55 Å². The fourth-order valence-electron chi connectivity index (χ4n) is 2.21. The van der Waals surface area contributed by atoms with E-state index in [-0.39, 0.29) is 9.76 Å². The van der Waals surface area contributed by atoms with Crippen molar-refractivity contribution in [1.82, 2.24) is 0 Å². The van der Waals surface area contributed by atoms with Gasteiger partial charge in [0.15, 0.2) is 26.4 Å². The van der Waals surface area contributed by atoms with Crippen LogP contribution in [0.15, 0.2) is 0 Å². The van der Waals surface area contributed by atoms with E-state index in [2.05, 4.69) is 52.4 Å². The second kappa shape index (κ2) is 8.25. The summed E-state index contributed by atoms with van der Waals surface area (Å²) in [5.41, 5.74) is 0. The zero-order chi connectivity index (χ0) is 15.2. The molecule has 0 rings (SSSR count). The molecule has 0 saturated heterocycles. The summed E-state index contributed by atoms with van der Waals surface area (Å²) in [6, 6.07) is 1.11. The highest BCUT2D eigenvalue weighted by molar-refractivity contribution is 6.87. The molecule has 0 amide bonds.